The minimum atomic E-state index is -1.02. The first-order valence-electron chi connectivity index (χ1n) is 4.29. The number of carbonyl (C=O) groups is 1. The van der Waals surface area contributed by atoms with Crippen LogP contribution in [0.15, 0.2) is 18.2 Å². The van der Waals surface area contributed by atoms with Crippen LogP contribution >= 0.6 is 23.2 Å². The average Bonchev–Trinajstić information content (AvgIpc) is 2.16. The van der Waals surface area contributed by atoms with Gasteiger partial charge in [0.25, 0.3) is 0 Å². The standard InChI is InChI=1S/C10H10Cl2O3/c1-6(10(13)14)15-5-7-8(11)3-2-4-9(7)12/h2-4,6H,5H2,1H3,(H,13,14)/t6-/m0/s1. The summed E-state index contributed by atoms with van der Waals surface area (Å²) in [5.41, 5.74) is 0.605. The molecule has 0 fully saturated rings. The van der Waals surface area contributed by atoms with Gasteiger partial charge in [-0.3, -0.25) is 0 Å². The molecule has 0 heterocycles. The molecule has 0 radical (unpaired) electrons. The molecule has 0 aromatic heterocycles. The smallest absolute Gasteiger partial charge is 0.332 e. The topological polar surface area (TPSA) is 46.5 Å². The van der Waals surface area contributed by atoms with Crippen molar-refractivity contribution in [1.82, 2.24) is 0 Å². The summed E-state index contributed by atoms with van der Waals surface area (Å²) >= 11 is 11.8. The van der Waals surface area contributed by atoms with E-state index in [-0.39, 0.29) is 6.61 Å². The molecule has 1 rings (SSSR count). The maximum atomic E-state index is 10.5. The van der Waals surface area contributed by atoms with Gasteiger partial charge < -0.3 is 9.84 Å². The third kappa shape index (κ3) is 3.38. The van der Waals surface area contributed by atoms with E-state index in [4.69, 9.17) is 33.0 Å². The number of carboxylic acids is 1. The Hall–Kier alpha value is -0.770. The van der Waals surface area contributed by atoms with Crippen molar-refractivity contribution in [2.24, 2.45) is 0 Å². The van der Waals surface area contributed by atoms with E-state index < -0.39 is 12.1 Å². The molecular formula is C10H10Cl2O3. The fraction of sp³-hybridized carbons (Fsp3) is 0.300. The number of rotatable bonds is 4. The first-order valence-corrected chi connectivity index (χ1v) is 5.05. The Balaban J connectivity index is 2.69. The SMILES string of the molecule is C[C@H](OCc1c(Cl)cccc1Cl)C(=O)O. The Kier molecular flexibility index (Phi) is 4.39. The molecule has 0 aliphatic rings. The predicted molar refractivity (Wildman–Crippen MR) is 58.3 cm³/mol. The second kappa shape index (κ2) is 5.35. The molecule has 3 nitrogen and oxygen atoms in total. The molecule has 1 atom stereocenters. The maximum absolute atomic E-state index is 10.5. The molecule has 82 valence electrons. The van der Waals surface area contributed by atoms with Crippen molar-refractivity contribution in [1.29, 1.82) is 0 Å². The highest BCUT2D eigenvalue weighted by atomic mass is 35.5. The predicted octanol–water partition coefficient (Wildman–Crippen LogP) is 2.98. The Morgan fingerprint density at radius 3 is 2.47 bits per heavy atom. The summed E-state index contributed by atoms with van der Waals surface area (Å²) in [6.45, 7) is 1.54. The Bertz CT molecular complexity index is 345. The van der Waals surface area contributed by atoms with Crippen LogP contribution in [0.5, 0.6) is 0 Å². The van der Waals surface area contributed by atoms with Crippen LogP contribution in [0.4, 0.5) is 0 Å². The van der Waals surface area contributed by atoms with Crippen LogP contribution < -0.4 is 0 Å². The van der Waals surface area contributed by atoms with Gasteiger partial charge in [-0.15, -0.1) is 0 Å². The van der Waals surface area contributed by atoms with Crippen LogP contribution in [-0.2, 0) is 16.1 Å². The summed E-state index contributed by atoms with van der Waals surface area (Å²) in [6, 6.07) is 5.07. The van der Waals surface area contributed by atoms with E-state index in [1.54, 1.807) is 18.2 Å². The third-order valence-corrected chi connectivity index (χ3v) is 2.60. The van der Waals surface area contributed by atoms with E-state index in [1.165, 1.54) is 6.92 Å². The minimum absolute atomic E-state index is 0.0893. The first kappa shape index (κ1) is 12.3. The number of ether oxygens (including phenoxy) is 1. The number of benzene rings is 1. The molecule has 1 aromatic carbocycles. The summed E-state index contributed by atoms with van der Waals surface area (Å²) in [4.78, 5) is 10.5. The normalized spacial score (nSPS) is 12.5. The van der Waals surface area contributed by atoms with Crippen LogP contribution in [0, 0.1) is 0 Å². The molecule has 0 saturated carbocycles. The second-order valence-corrected chi connectivity index (χ2v) is 3.81. The number of carboxylic acid groups (broad SMARTS) is 1. The first-order chi connectivity index (χ1) is 7.02. The fourth-order valence-corrected chi connectivity index (χ4v) is 1.46. The van der Waals surface area contributed by atoms with Crippen LogP contribution in [0.3, 0.4) is 0 Å². The Labute approximate surface area is 97.6 Å². The fourth-order valence-electron chi connectivity index (χ4n) is 0.950. The lowest BCUT2D eigenvalue weighted by molar-refractivity contribution is -0.149. The summed E-state index contributed by atoms with van der Waals surface area (Å²) in [6.07, 6.45) is -0.877. The van der Waals surface area contributed by atoms with Gasteiger partial charge >= 0.3 is 5.97 Å². The van der Waals surface area contributed by atoms with Crippen molar-refractivity contribution in [3.05, 3.63) is 33.8 Å². The molecule has 0 bridgehead atoms. The minimum Gasteiger partial charge on any atom is -0.479 e. The van der Waals surface area contributed by atoms with Crippen LogP contribution in [0.1, 0.15) is 12.5 Å². The quantitative estimate of drug-likeness (QED) is 0.892. The van der Waals surface area contributed by atoms with Crippen molar-refractivity contribution in [2.45, 2.75) is 19.6 Å². The van der Waals surface area contributed by atoms with Gasteiger partial charge in [-0.25, -0.2) is 4.79 Å². The van der Waals surface area contributed by atoms with Crippen molar-refractivity contribution >= 4 is 29.2 Å². The molecule has 1 aromatic rings. The van der Waals surface area contributed by atoms with Gasteiger partial charge in [0.05, 0.1) is 6.61 Å². The van der Waals surface area contributed by atoms with Gasteiger partial charge in [-0.2, -0.15) is 0 Å². The zero-order valence-corrected chi connectivity index (χ0v) is 9.55. The van der Waals surface area contributed by atoms with Gasteiger partial charge in [-0.05, 0) is 19.1 Å². The lowest BCUT2D eigenvalue weighted by Gasteiger charge is -2.10. The second-order valence-electron chi connectivity index (χ2n) is 2.99. The highest BCUT2D eigenvalue weighted by molar-refractivity contribution is 6.35. The van der Waals surface area contributed by atoms with Gasteiger partial charge in [0.1, 0.15) is 0 Å². The van der Waals surface area contributed by atoms with Crippen molar-refractivity contribution < 1.29 is 14.6 Å². The van der Waals surface area contributed by atoms with E-state index in [0.29, 0.717) is 15.6 Å². The van der Waals surface area contributed by atoms with Gasteiger partial charge in [0.2, 0.25) is 0 Å². The van der Waals surface area contributed by atoms with Crippen LogP contribution in [0.2, 0.25) is 10.0 Å². The number of aliphatic carboxylic acids is 1. The molecule has 0 saturated heterocycles. The average molecular weight is 249 g/mol. The lowest BCUT2D eigenvalue weighted by Crippen LogP contribution is -2.19. The van der Waals surface area contributed by atoms with Crippen LogP contribution in [-0.4, -0.2) is 17.2 Å². The lowest BCUT2D eigenvalue weighted by atomic mass is 10.2. The number of hydrogen-bond acceptors (Lipinski definition) is 2. The van der Waals surface area contributed by atoms with E-state index >= 15 is 0 Å². The Morgan fingerprint density at radius 2 is 2.00 bits per heavy atom. The summed E-state index contributed by atoms with van der Waals surface area (Å²) in [7, 11) is 0. The summed E-state index contributed by atoms with van der Waals surface area (Å²) < 4.78 is 5.08. The van der Waals surface area contributed by atoms with Gasteiger partial charge in [-0.1, -0.05) is 29.3 Å². The van der Waals surface area contributed by atoms with Gasteiger partial charge in [0, 0.05) is 15.6 Å². The highest BCUT2D eigenvalue weighted by Crippen LogP contribution is 2.25. The zero-order chi connectivity index (χ0) is 11.4. The molecule has 0 unspecified atom stereocenters. The van der Waals surface area contributed by atoms with E-state index in [1.807, 2.05) is 0 Å². The Morgan fingerprint density at radius 1 is 1.47 bits per heavy atom. The molecule has 0 spiro atoms. The van der Waals surface area contributed by atoms with E-state index in [2.05, 4.69) is 0 Å². The summed E-state index contributed by atoms with van der Waals surface area (Å²) in [5, 5.41) is 9.55. The van der Waals surface area contributed by atoms with Crippen molar-refractivity contribution in [3.63, 3.8) is 0 Å². The van der Waals surface area contributed by atoms with Gasteiger partial charge in [0.15, 0.2) is 6.10 Å². The van der Waals surface area contributed by atoms with E-state index in [0.717, 1.165) is 0 Å². The van der Waals surface area contributed by atoms with E-state index in [9.17, 15) is 4.79 Å². The number of halogens is 2. The molecule has 1 N–H and O–H groups in total. The molecule has 0 amide bonds. The number of hydrogen-bond donors (Lipinski definition) is 1. The third-order valence-electron chi connectivity index (χ3n) is 1.89. The zero-order valence-electron chi connectivity index (χ0n) is 8.04. The van der Waals surface area contributed by atoms with Crippen molar-refractivity contribution in [2.75, 3.05) is 0 Å². The summed E-state index contributed by atoms with van der Waals surface area (Å²) in [5.74, 6) is -1.02. The largest absolute Gasteiger partial charge is 0.479 e. The maximum Gasteiger partial charge on any atom is 0.332 e. The highest BCUT2D eigenvalue weighted by Gasteiger charge is 2.13. The molecular weight excluding hydrogens is 239 g/mol. The molecule has 0 aliphatic heterocycles. The van der Waals surface area contributed by atoms with Crippen molar-refractivity contribution in [3.8, 4) is 0 Å². The molecule has 15 heavy (non-hydrogen) atoms. The van der Waals surface area contributed by atoms with Crippen LogP contribution in [0.25, 0.3) is 0 Å². The molecule has 0 aliphatic carbocycles. The monoisotopic (exact) mass is 248 g/mol. The molecule has 5 heteroatoms.